The van der Waals surface area contributed by atoms with Gasteiger partial charge in [-0.3, -0.25) is 4.90 Å². The summed E-state index contributed by atoms with van der Waals surface area (Å²) in [6.45, 7) is 4.58. The van der Waals surface area contributed by atoms with Gasteiger partial charge in [-0.1, -0.05) is 6.07 Å². The summed E-state index contributed by atoms with van der Waals surface area (Å²) in [5, 5.41) is 9.96. The molecule has 2 aromatic rings. The second-order valence-electron chi connectivity index (χ2n) is 7.20. The van der Waals surface area contributed by atoms with Crippen molar-refractivity contribution in [2.24, 2.45) is 0 Å². The number of nitrogens with zero attached hydrogens (tertiary/aromatic N) is 1. The lowest BCUT2D eigenvalue weighted by molar-refractivity contribution is 0.126. The normalized spacial score (nSPS) is 15.6. The van der Waals surface area contributed by atoms with Gasteiger partial charge in [-0.05, 0) is 54.5 Å². The first kappa shape index (κ1) is 18.7. The predicted molar refractivity (Wildman–Crippen MR) is 106 cm³/mol. The van der Waals surface area contributed by atoms with Crippen molar-refractivity contribution in [2.75, 3.05) is 33.6 Å². The molecule has 0 aromatic heterocycles. The highest BCUT2D eigenvalue weighted by Crippen LogP contribution is 2.33. The lowest BCUT2D eigenvalue weighted by Crippen LogP contribution is -2.33. The van der Waals surface area contributed by atoms with E-state index in [1.54, 1.807) is 14.0 Å². The Morgan fingerprint density at radius 1 is 1.04 bits per heavy atom. The third-order valence-corrected chi connectivity index (χ3v) is 4.78. The van der Waals surface area contributed by atoms with Crippen molar-refractivity contribution >= 4 is 6.08 Å². The van der Waals surface area contributed by atoms with Crippen molar-refractivity contribution in [3.05, 3.63) is 53.1 Å². The number of rotatable bonds is 7. The molecule has 2 heterocycles. The van der Waals surface area contributed by atoms with Crippen molar-refractivity contribution in [1.82, 2.24) is 4.90 Å². The fourth-order valence-electron chi connectivity index (χ4n) is 3.56. The predicted octanol–water partition coefficient (Wildman–Crippen LogP) is 3.08. The zero-order chi connectivity index (χ0) is 19.5. The Morgan fingerprint density at radius 2 is 1.86 bits per heavy atom. The van der Waals surface area contributed by atoms with Crippen molar-refractivity contribution in [3.63, 3.8) is 0 Å². The third-order valence-electron chi connectivity index (χ3n) is 4.78. The summed E-state index contributed by atoms with van der Waals surface area (Å²) in [5.74, 6) is 3.22. The molecule has 148 valence electrons. The Bertz CT molecular complexity index is 877. The third kappa shape index (κ3) is 4.24. The zero-order valence-electron chi connectivity index (χ0n) is 16.2. The molecule has 0 saturated carbocycles. The minimum Gasteiger partial charge on any atom is -0.497 e. The lowest BCUT2D eigenvalue weighted by atomic mass is 10.1. The minimum atomic E-state index is -0.425. The van der Waals surface area contributed by atoms with Gasteiger partial charge in [0, 0.05) is 25.2 Å². The fraction of sp³-hybridized carbons (Fsp3) is 0.364. The number of hydrogen-bond acceptors (Lipinski definition) is 6. The number of aliphatic hydroxyl groups is 1. The van der Waals surface area contributed by atoms with E-state index in [1.165, 1.54) is 0 Å². The van der Waals surface area contributed by atoms with Gasteiger partial charge in [-0.2, -0.15) is 0 Å². The topological polar surface area (TPSA) is 60.4 Å². The van der Waals surface area contributed by atoms with E-state index in [4.69, 9.17) is 18.9 Å². The van der Waals surface area contributed by atoms with E-state index in [0.29, 0.717) is 26.2 Å². The van der Waals surface area contributed by atoms with Crippen molar-refractivity contribution in [1.29, 1.82) is 0 Å². The molecule has 6 nitrogen and oxygen atoms in total. The van der Waals surface area contributed by atoms with Crippen LogP contribution in [0.1, 0.15) is 18.1 Å². The fourth-order valence-corrected chi connectivity index (χ4v) is 3.56. The van der Waals surface area contributed by atoms with Gasteiger partial charge in [0.1, 0.15) is 18.1 Å². The van der Waals surface area contributed by atoms with E-state index >= 15 is 0 Å². The van der Waals surface area contributed by atoms with Crippen LogP contribution in [0, 0.1) is 0 Å². The maximum Gasteiger partial charge on any atom is 0.231 e. The number of methoxy groups -OCH3 is 1. The number of hydrogen-bond donors (Lipinski definition) is 1. The van der Waals surface area contributed by atoms with Gasteiger partial charge in [-0.15, -0.1) is 0 Å². The highest BCUT2D eigenvalue weighted by molar-refractivity contribution is 5.64. The molecule has 2 aromatic carbocycles. The van der Waals surface area contributed by atoms with E-state index in [9.17, 15) is 5.11 Å². The molecule has 0 amide bonds. The molecule has 0 aliphatic carbocycles. The molecule has 28 heavy (non-hydrogen) atoms. The summed E-state index contributed by atoms with van der Waals surface area (Å²) in [5.41, 5.74) is 3.28. The van der Waals surface area contributed by atoms with Crippen LogP contribution in [-0.4, -0.2) is 49.7 Å². The summed E-state index contributed by atoms with van der Waals surface area (Å²) in [4.78, 5) is 2.21. The molecule has 4 rings (SSSR count). The van der Waals surface area contributed by atoms with E-state index in [-0.39, 0.29) is 6.79 Å². The van der Waals surface area contributed by atoms with Crippen LogP contribution in [-0.2, 0) is 6.54 Å². The summed E-state index contributed by atoms with van der Waals surface area (Å²) >= 11 is 0. The molecule has 0 radical (unpaired) electrons. The molecule has 2 aliphatic rings. The number of benzene rings is 2. The first-order chi connectivity index (χ1) is 13.6. The average Bonchev–Trinajstić information content (AvgIpc) is 3.14. The van der Waals surface area contributed by atoms with E-state index in [0.717, 1.165) is 39.7 Å². The summed E-state index contributed by atoms with van der Waals surface area (Å²) in [6, 6.07) is 11.8. The highest BCUT2D eigenvalue weighted by atomic mass is 16.7. The van der Waals surface area contributed by atoms with Crippen LogP contribution in [0.2, 0.25) is 0 Å². The van der Waals surface area contributed by atoms with Crippen LogP contribution in [0.4, 0.5) is 0 Å². The molecule has 0 fully saturated rings. The number of ether oxygens (including phenoxy) is 4. The second-order valence-corrected chi connectivity index (χ2v) is 7.20. The van der Waals surface area contributed by atoms with Gasteiger partial charge in [0.05, 0.1) is 13.2 Å². The molecule has 2 aliphatic heterocycles. The minimum absolute atomic E-state index is 0.267. The quantitative estimate of drug-likeness (QED) is 0.793. The van der Waals surface area contributed by atoms with E-state index in [2.05, 4.69) is 11.0 Å². The summed E-state index contributed by atoms with van der Waals surface area (Å²) in [7, 11) is 1.66. The van der Waals surface area contributed by atoms with Crippen molar-refractivity contribution in [2.45, 2.75) is 19.6 Å². The smallest absolute Gasteiger partial charge is 0.231 e. The average molecular weight is 383 g/mol. The van der Waals surface area contributed by atoms with Crippen molar-refractivity contribution in [3.8, 4) is 23.0 Å². The molecule has 0 spiro atoms. The molecule has 1 N–H and O–H groups in total. The van der Waals surface area contributed by atoms with E-state index < -0.39 is 6.10 Å². The first-order valence-corrected chi connectivity index (χ1v) is 9.40. The summed E-state index contributed by atoms with van der Waals surface area (Å²) < 4.78 is 22.1. The Morgan fingerprint density at radius 3 is 2.68 bits per heavy atom. The number of fused-ring (bicyclic) bond motifs is 2. The molecule has 1 atom stereocenters. The molecular formula is C22H25NO5. The maximum absolute atomic E-state index is 9.96. The van der Waals surface area contributed by atoms with Crippen LogP contribution in [0.5, 0.6) is 23.0 Å². The molecule has 6 heteroatoms. The Balaban J connectivity index is 1.51. The van der Waals surface area contributed by atoms with Crippen molar-refractivity contribution < 1.29 is 24.1 Å². The van der Waals surface area contributed by atoms with Crippen LogP contribution in [0.15, 0.2) is 42.0 Å². The number of aliphatic hydroxyl groups excluding tert-OH is 1. The molecule has 0 bridgehead atoms. The van der Waals surface area contributed by atoms with E-state index in [1.807, 2.05) is 36.4 Å². The molecule has 0 unspecified atom stereocenters. The van der Waals surface area contributed by atoms with Gasteiger partial charge in [-0.25, -0.2) is 0 Å². The second kappa shape index (κ2) is 8.12. The zero-order valence-corrected chi connectivity index (χ0v) is 16.2. The highest BCUT2D eigenvalue weighted by Gasteiger charge is 2.18. The van der Waals surface area contributed by atoms with Crippen LogP contribution >= 0.6 is 0 Å². The van der Waals surface area contributed by atoms with Gasteiger partial charge < -0.3 is 24.1 Å². The summed E-state index contributed by atoms with van der Waals surface area (Å²) in [6.07, 6.45) is 1.72. The van der Waals surface area contributed by atoms with Crippen LogP contribution in [0.3, 0.4) is 0 Å². The standard InChI is InChI=1S/C22H25NO5/c1-15(24)10-23(11-16-3-5-21-22(8-16)28-14-27-21)12-17-7-18-9-19(25-2)4-6-20(18)26-13-17/h3-9,15,24H,10-14H2,1-2H3/t15-/m0/s1. The van der Waals surface area contributed by atoms with Crippen LogP contribution in [0.25, 0.3) is 6.08 Å². The molecular weight excluding hydrogens is 358 g/mol. The van der Waals surface area contributed by atoms with Gasteiger partial charge in [0.2, 0.25) is 6.79 Å². The maximum atomic E-state index is 9.96. The Kier molecular flexibility index (Phi) is 5.41. The SMILES string of the molecule is COc1ccc2c(c1)C=C(CN(Cc1ccc3c(c1)OCO3)C[C@H](C)O)CO2. The first-order valence-electron chi connectivity index (χ1n) is 9.40. The Labute approximate surface area is 164 Å². The van der Waals surface area contributed by atoms with Gasteiger partial charge >= 0.3 is 0 Å². The molecule has 0 saturated heterocycles. The van der Waals surface area contributed by atoms with Gasteiger partial charge in [0.25, 0.3) is 0 Å². The lowest BCUT2D eigenvalue weighted by Gasteiger charge is -2.27. The monoisotopic (exact) mass is 383 g/mol. The van der Waals surface area contributed by atoms with Crippen LogP contribution < -0.4 is 18.9 Å². The Hall–Kier alpha value is -2.70. The largest absolute Gasteiger partial charge is 0.497 e. The van der Waals surface area contributed by atoms with Gasteiger partial charge in [0.15, 0.2) is 11.5 Å².